The highest BCUT2D eigenvalue weighted by Gasteiger charge is 2.23. The van der Waals surface area contributed by atoms with E-state index in [1.165, 1.54) is 6.42 Å². The van der Waals surface area contributed by atoms with Gasteiger partial charge in [0.15, 0.2) is 0 Å². The molecule has 1 rings (SSSR count). The van der Waals surface area contributed by atoms with Gasteiger partial charge in [0.25, 0.3) is 5.91 Å². The Morgan fingerprint density at radius 2 is 2.31 bits per heavy atom. The SMILES string of the molecule is CCCC1CCC(=O)N(CC(=O)NN)CC1. The summed E-state index contributed by atoms with van der Waals surface area (Å²) in [5.74, 6) is 5.40. The molecule has 0 aromatic rings. The third-order valence-electron chi connectivity index (χ3n) is 3.12. The van der Waals surface area contributed by atoms with Crippen molar-refractivity contribution in [3.63, 3.8) is 0 Å². The molecule has 1 aliphatic heterocycles. The first-order chi connectivity index (χ1) is 7.67. The normalized spacial score (nSPS) is 21.8. The molecule has 0 aliphatic carbocycles. The first-order valence-corrected chi connectivity index (χ1v) is 5.94. The van der Waals surface area contributed by atoms with Crippen LogP contribution >= 0.6 is 0 Å². The Morgan fingerprint density at radius 1 is 1.56 bits per heavy atom. The molecule has 5 heteroatoms. The molecule has 5 nitrogen and oxygen atoms in total. The number of nitrogens with two attached hydrogens (primary N) is 1. The molecule has 3 N–H and O–H groups in total. The molecule has 1 atom stereocenters. The summed E-state index contributed by atoms with van der Waals surface area (Å²) in [5.41, 5.74) is 2.06. The second kappa shape index (κ2) is 6.48. The van der Waals surface area contributed by atoms with Gasteiger partial charge in [-0.15, -0.1) is 0 Å². The van der Waals surface area contributed by atoms with Crippen molar-refractivity contribution in [3.8, 4) is 0 Å². The van der Waals surface area contributed by atoms with E-state index >= 15 is 0 Å². The monoisotopic (exact) mass is 227 g/mol. The highest BCUT2D eigenvalue weighted by Crippen LogP contribution is 2.22. The maximum atomic E-state index is 11.7. The van der Waals surface area contributed by atoms with Crippen LogP contribution in [0.15, 0.2) is 0 Å². The molecular formula is C11H21N3O2. The fourth-order valence-electron chi connectivity index (χ4n) is 2.18. The second-order valence-corrected chi connectivity index (χ2v) is 4.36. The van der Waals surface area contributed by atoms with Gasteiger partial charge in [0.05, 0.1) is 0 Å². The van der Waals surface area contributed by atoms with Crippen molar-refractivity contribution < 1.29 is 9.59 Å². The van der Waals surface area contributed by atoms with Crippen LogP contribution in [0.1, 0.15) is 39.0 Å². The zero-order valence-corrected chi connectivity index (χ0v) is 9.87. The Hall–Kier alpha value is -1.10. The van der Waals surface area contributed by atoms with Crippen molar-refractivity contribution >= 4 is 11.8 Å². The molecule has 0 radical (unpaired) electrons. The second-order valence-electron chi connectivity index (χ2n) is 4.36. The number of carbonyl (C=O) groups is 2. The molecule has 1 fully saturated rings. The minimum absolute atomic E-state index is 0.0715. The van der Waals surface area contributed by atoms with Crippen molar-refractivity contribution in [1.82, 2.24) is 10.3 Å². The number of nitrogens with one attached hydrogen (secondary N) is 1. The largest absolute Gasteiger partial charge is 0.333 e. The molecule has 0 saturated carbocycles. The number of rotatable bonds is 4. The lowest BCUT2D eigenvalue weighted by atomic mass is 9.96. The van der Waals surface area contributed by atoms with Gasteiger partial charge in [-0.3, -0.25) is 15.0 Å². The lowest BCUT2D eigenvalue weighted by molar-refractivity contribution is -0.135. The Labute approximate surface area is 96.3 Å². The lowest BCUT2D eigenvalue weighted by Crippen LogP contribution is -2.42. The number of likely N-dealkylation sites (tertiary alicyclic amines) is 1. The van der Waals surface area contributed by atoms with E-state index < -0.39 is 0 Å². The number of hydrogen-bond donors (Lipinski definition) is 2. The Bertz CT molecular complexity index is 256. The standard InChI is InChI=1S/C11H21N3O2/c1-2-3-9-4-5-11(16)14(7-6-9)8-10(15)13-12/h9H,2-8,12H2,1H3,(H,13,15). The molecule has 0 bridgehead atoms. The summed E-state index contributed by atoms with van der Waals surface area (Å²) in [6.07, 6.45) is 4.83. The third-order valence-corrected chi connectivity index (χ3v) is 3.12. The highest BCUT2D eigenvalue weighted by molar-refractivity contribution is 5.84. The maximum absolute atomic E-state index is 11.7. The van der Waals surface area contributed by atoms with Gasteiger partial charge < -0.3 is 4.90 Å². The van der Waals surface area contributed by atoms with Crippen molar-refractivity contribution in [3.05, 3.63) is 0 Å². The molecule has 1 heterocycles. The van der Waals surface area contributed by atoms with E-state index in [4.69, 9.17) is 5.84 Å². The van der Waals surface area contributed by atoms with Gasteiger partial charge in [0, 0.05) is 13.0 Å². The molecule has 1 saturated heterocycles. The van der Waals surface area contributed by atoms with Crippen molar-refractivity contribution in [2.45, 2.75) is 39.0 Å². The minimum atomic E-state index is -0.303. The molecule has 0 spiro atoms. The molecule has 1 unspecified atom stereocenters. The lowest BCUT2D eigenvalue weighted by Gasteiger charge is -2.19. The Morgan fingerprint density at radius 3 is 2.94 bits per heavy atom. The quantitative estimate of drug-likeness (QED) is 0.415. The van der Waals surface area contributed by atoms with E-state index in [-0.39, 0.29) is 18.4 Å². The number of carbonyl (C=O) groups excluding carboxylic acids is 2. The summed E-state index contributed by atoms with van der Waals surface area (Å²) in [5, 5.41) is 0. The average Bonchev–Trinajstić information content (AvgIpc) is 2.44. The molecule has 92 valence electrons. The molecular weight excluding hydrogens is 206 g/mol. The van der Waals surface area contributed by atoms with Crippen molar-refractivity contribution in [1.29, 1.82) is 0 Å². The van der Waals surface area contributed by atoms with E-state index in [1.54, 1.807) is 4.90 Å². The van der Waals surface area contributed by atoms with Crippen LogP contribution in [0.2, 0.25) is 0 Å². The van der Waals surface area contributed by atoms with E-state index in [9.17, 15) is 9.59 Å². The predicted molar refractivity (Wildman–Crippen MR) is 61.2 cm³/mol. The van der Waals surface area contributed by atoms with Gasteiger partial charge in [-0.2, -0.15) is 0 Å². The first kappa shape index (κ1) is 13.0. The van der Waals surface area contributed by atoms with E-state index in [0.717, 1.165) is 19.3 Å². The van der Waals surface area contributed by atoms with Gasteiger partial charge in [-0.25, -0.2) is 5.84 Å². The average molecular weight is 227 g/mol. The summed E-state index contributed by atoms with van der Waals surface area (Å²) >= 11 is 0. The maximum Gasteiger partial charge on any atom is 0.253 e. The fourth-order valence-corrected chi connectivity index (χ4v) is 2.18. The van der Waals surface area contributed by atoms with Crippen LogP contribution in [-0.2, 0) is 9.59 Å². The van der Waals surface area contributed by atoms with Gasteiger partial charge >= 0.3 is 0 Å². The number of amides is 2. The van der Waals surface area contributed by atoms with E-state index in [1.807, 2.05) is 0 Å². The Balaban J connectivity index is 2.47. The minimum Gasteiger partial charge on any atom is -0.333 e. The molecule has 16 heavy (non-hydrogen) atoms. The van der Waals surface area contributed by atoms with Crippen LogP contribution in [0.5, 0.6) is 0 Å². The summed E-state index contributed by atoms with van der Waals surface area (Å²) in [6.45, 7) is 2.93. The third kappa shape index (κ3) is 3.81. The van der Waals surface area contributed by atoms with Gasteiger partial charge in [0.1, 0.15) is 6.54 Å². The highest BCUT2D eigenvalue weighted by atomic mass is 16.2. The zero-order chi connectivity index (χ0) is 12.0. The van der Waals surface area contributed by atoms with Crippen LogP contribution in [0.3, 0.4) is 0 Å². The van der Waals surface area contributed by atoms with Crippen LogP contribution in [0.4, 0.5) is 0 Å². The predicted octanol–water partition coefficient (Wildman–Crippen LogP) is 0.405. The smallest absolute Gasteiger partial charge is 0.253 e. The fraction of sp³-hybridized carbons (Fsp3) is 0.818. The van der Waals surface area contributed by atoms with Crippen molar-refractivity contribution in [2.75, 3.05) is 13.1 Å². The topological polar surface area (TPSA) is 75.4 Å². The van der Waals surface area contributed by atoms with E-state index in [0.29, 0.717) is 18.9 Å². The van der Waals surface area contributed by atoms with Crippen molar-refractivity contribution in [2.24, 2.45) is 11.8 Å². The van der Waals surface area contributed by atoms with Crippen LogP contribution < -0.4 is 11.3 Å². The molecule has 2 amide bonds. The van der Waals surface area contributed by atoms with Gasteiger partial charge in [-0.05, 0) is 18.8 Å². The van der Waals surface area contributed by atoms with Gasteiger partial charge in [0.2, 0.25) is 5.91 Å². The molecule has 0 aromatic carbocycles. The summed E-state index contributed by atoms with van der Waals surface area (Å²) < 4.78 is 0. The summed E-state index contributed by atoms with van der Waals surface area (Å²) in [6, 6.07) is 0. The molecule has 1 aliphatic rings. The number of hydrazine groups is 1. The number of nitrogens with zero attached hydrogens (tertiary/aromatic N) is 1. The summed E-state index contributed by atoms with van der Waals surface area (Å²) in [7, 11) is 0. The van der Waals surface area contributed by atoms with Crippen LogP contribution in [0, 0.1) is 5.92 Å². The molecule has 0 aromatic heterocycles. The van der Waals surface area contributed by atoms with Gasteiger partial charge in [-0.1, -0.05) is 19.8 Å². The summed E-state index contributed by atoms with van der Waals surface area (Å²) in [4.78, 5) is 24.4. The van der Waals surface area contributed by atoms with E-state index in [2.05, 4.69) is 12.3 Å². The Kier molecular flexibility index (Phi) is 5.25. The number of hydrogen-bond acceptors (Lipinski definition) is 3. The van der Waals surface area contributed by atoms with Crippen LogP contribution in [-0.4, -0.2) is 29.8 Å². The first-order valence-electron chi connectivity index (χ1n) is 5.94. The zero-order valence-electron chi connectivity index (χ0n) is 9.87. The van der Waals surface area contributed by atoms with Crippen LogP contribution in [0.25, 0.3) is 0 Å².